The van der Waals surface area contributed by atoms with Gasteiger partial charge in [-0.1, -0.05) is 13.8 Å². The van der Waals surface area contributed by atoms with E-state index in [1.165, 1.54) is 4.90 Å². The lowest BCUT2D eigenvalue weighted by molar-refractivity contribution is -0.137. The van der Waals surface area contributed by atoms with E-state index in [2.05, 4.69) is 20.5 Å². The van der Waals surface area contributed by atoms with Crippen molar-refractivity contribution in [3.63, 3.8) is 0 Å². The third-order valence-corrected chi connectivity index (χ3v) is 3.28. The average molecular weight is 293 g/mol. The summed E-state index contributed by atoms with van der Waals surface area (Å²) in [6.45, 7) is 3.60. The van der Waals surface area contributed by atoms with E-state index in [0.717, 1.165) is 30.7 Å². The molecule has 1 saturated carbocycles. The Labute approximate surface area is 122 Å². The van der Waals surface area contributed by atoms with E-state index < -0.39 is 12.0 Å². The van der Waals surface area contributed by atoms with Crippen LogP contribution >= 0.6 is 0 Å². The smallest absolute Gasteiger partial charge is 0.325 e. The van der Waals surface area contributed by atoms with Crippen LogP contribution in [0.25, 0.3) is 0 Å². The van der Waals surface area contributed by atoms with Crippen LogP contribution in [0.4, 0.5) is 10.7 Å². The van der Waals surface area contributed by atoms with Gasteiger partial charge >= 0.3 is 12.0 Å². The van der Waals surface area contributed by atoms with Crippen molar-refractivity contribution in [2.45, 2.75) is 45.6 Å². The molecule has 0 radical (unpaired) electrons. The lowest BCUT2D eigenvalue weighted by atomic mass is 10.2. The minimum absolute atomic E-state index is 0.00498. The first-order valence-corrected chi connectivity index (χ1v) is 7.07. The molecule has 1 fully saturated rings. The zero-order valence-corrected chi connectivity index (χ0v) is 12.2. The van der Waals surface area contributed by atoms with Gasteiger partial charge in [0.1, 0.15) is 6.54 Å². The van der Waals surface area contributed by atoms with Crippen molar-refractivity contribution in [3.8, 4) is 0 Å². The number of carboxylic acid groups (broad SMARTS) is 1. The van der Waals surface area contributed by atoms with Crippen LogP contribution in [0.5, 0.6) is 0 Å². The summed E-state index contributed by atoms with van der Waals surface area (Å²) < 4.78 is 0. The fraction of sp³-hybridized carbons (Fsp3) is 0.615. The van der Waals surface area contributed by atoms with Crippen LogP contribution in [0, 0.1) is 0 Å². The molecule has 0 bridgehead atoms. The molecule has 21 heavy (non-hydrogen) atoms. The van der Waals surface area contributed by atoms with Crippen molar-refractivity contribution < 1.29 is 14.7 Å². The lowest BCUT2D eigenvalue weighted by Gasteiger charge is -2.20. The summed E-state index contributed by atoms with van der Waals surface area (Å²) in [6, 6.07) is -0.498. The minimum Gasteiger partial charge on any atom is -0.480 e. The van der Waals surface area contributed by atoms with Crippen molar-refractivity contribution in [2.75, 3.05) is 11.9 Å². The number of carbonyl (C=O) groups excluding carboxylic acids is 1. The van der Waals surface area contributed by atoms with E-state index in [1.54, 1.807) is 0 Å². The topological polar surface area (TPSA) is 108 Å². The highest BCUT2D eigenvalue weighted by atomic mass is 16.4. The maximum Gasteiger partial charge on any atom is 0.325 e. The quantitative estimate of drug-likeness (QED) is 0.812. The van der Waals surface area contributed by atoms with Gasteiger partial charge in [0.05, 0.1) is 11.4 Å². The number of carbonyl (C=O) groups is 2. The number of hydrogen-bond donors (Lipinski definition) is 2. The van der Waals surface area contributed by atoms with E-state index in [9.17, 15) is 9.59 Å². The largest absolute Gasteiger partial charge is 0.480 e. The molecule has 2 amide bonds. The summed E-state index contributed by atoms with van der Waals surface area (Å²) >= 11 is 0. The molecule has 8 nitrogen and oxygen atoms in total. The molecule has 0 saturated heterocycles. The number of rotatable bonds is 6. The van der Waals surface area contributed by atoms with E-state index in [4.69, 9.17) is 5.11 Å². The second-order valence-corrected chi connectivity index (χ2v) is 4.92. The van der Waals surface area contributed by atoms with Crippen LogP contribution in [-0.2, 0) is 17.6 Å². The van der Waals surface area contributed by atoms with Gasteiger partial charge in [0.25, 0.3) is 5.95 Å². The number of aliphatic carboxylic acids is 1. The van der Waals surface area contributed by atoms with Crippen molar-refractivity contribution in [1.82, 2.24) is 20.1 Å². The Morgan fingerprint density at radius 1 is 1.24 bits per heavy atom. The van der Waals surface area contributed by atoms with Crippen LogP contribution in [-0.4, -0.2) is 49.8 Å². The average Bonchev–Trinajstić information content (AvgIpc) is 3.28. The van der Waals surface area contributed by atoms with Crippen molar-refractivity contribution in [2.24, 2.45) is 0 Å². The molecule has 0 aliphatic heterocycles. The fourth-order valence-electron chi connectivity index (χ4n) is 2.06. The van der Waals surface area contributed by atoms with Gasteiger partial charge in [0.15, 0.2) is 0 Å². The van der Waals surface area contributed by atoms with Gasteiger partial charge in [-0.3, -0.25) is 10.1 Å². The number of anilines is 1. The number of nitrogens with zero attached hydrogens (tertiary/aromatic N) is 4. The molecule has 0 spiro atoms. The molecule has 1 aliphatic carbocycles. The summed E-state index contributed by atoms with van der Waals surface area (Å²) in [5.74, 6) is -0.920. The highest BCUT2D eigenvalue weighted by Gasteiger charge is 2.34. The minimum atomic E-state index is -1.04. The van der Waals surface area contributed by atoms with Gasteiger partial charge in [-0.25, -0.2) is 9.78 Å². The van der Waals surface area contributed by atoms with Crippen molar-refractivity contribution in [3.05, 3.63) is 11.4 Å². The molecule has 1 heterocycles. The zero-order chi connectivity index (χ0) is 15.4. The summed E-state index contributed by atoms with van der Waals surface area (Å²) in [5, 5.41) is 19.3. The molecular weight excluding hydrogens is 274 g/mol. The van der Waals surface area contributed by atoms with Crippen LogP contribution in [0.1, 0.15) is 38.1 Å². The van der Waals surface area contributed by atoms with E-state index in [-0.39, 0.29) is 18.5 Å². The number of amides is 2. The van der Waals surface area contributed by atoms with Crippen LogP contribution in [0.2, 0.25) is 0 Å². The molecule has 0 unspecified atom stereocenters. The van der Waals surface area contributed by atoms with Crippen LogP contribution in [0.3, 0.4) is 0 Å². The van der Waals surface area contributed by atoms with Gasteiger partial charge in [-0.2, -0.15) is 0 Å². The number of hydrogen-bond acceptors (Lipinski definition) is 5. The summed E-state index contributed by atoms with van der Waals surface area (Å²) in [6.07, 6.45) is 3.08. The standard InChI is InChI=1S/C13H19N5O3/c1-3-9-10(4-2)16-17-12(14-9)15-13(21)18(7-11(19)20)8-5-6-8/h8H,3-7H2,1-2H3,(H,19,20)(H,14,15,17,21). The Bertz CT molecular complexity index is 545. The molecular formula is C13H19N5O3. The first kappa shape index (κ1) is 15.1. The highest BCUT2D eigenvalue weighted by Crippen LogP contribution is 2.27. The number of nitrogens with one attached hydrogen (secondary N) is 1. The van der Waals surface area contributed by atoms with Gasteiger partial charge in [0.2, 0.25) is 0 Å². The molecule has 114 valence electrons. The number of urea groups is 1. The summed E-state index contributed by atoms with van der Waals surface area (Å²) in [4.78, 5) is 28.5. The SMILES string of the molecule is CCc1nnc(NC(=O)N(CC(=O)O)C2CC2)nc1CC. The second kappa shape index (κ2) is 6.47. The molecule has 1 aliphatic rings. The predicted molar refractivity (Wildman–Crippen MR) is 75.0 cm³/mol. The second-order valence-electron chi connectivity index (χ2n) is 4.92. The highest BCUT2D eigenvalue weighted by molar-refractivity contribution is 5.90. The third-order valence-electron chi connectivity index (χ3n) is 3.28. The summed E-state index contributed by atoms with van der Waals surface area (Å²) in [5.41, 5.74) is 1.60. The predicted octanol–water partition coefficient (Wildman–Crippen LogP) is 1.08. The molecule has 2 N–H and O–H groups in total. The summed E-state index contributed by atoms with van der Waals surface area (Å²) in [7, 11) is 0. The Kier molecular flexibility index (Phi) is 4.66. The normalized spacial score (nSPS) is 13.8. The number of carboxylic acids is 1. The number of aromatic nitrogens is 3. The third kappa shape index (κ3) is 3.87. The Hall–Kier alpha value is -2.25. The first-order chi connectivity index (χ1) is 10.0. The van der Waals surface area contributed by atoms with Crippen LogP contribution < -0.4 is 5.32 Å². The monoisotopic (exact) mass is 293 g/mol. The lowest BCUT2D eigenvalue weighted by Crippen LogP contribution is -2.40. The first-order valence-electron chi connectivity index (χ1n) is 7.07. The molecule has 1 aromatic rings. The maximum absolute atomic E-state index is 12.1. The fourth-order valence-corrected chi connectivity index (χ4v) is 2.06. The van der Waals surface area contributed by atoms with Gasteiger partial charge in [-0.05, 0) is 25.7 Å². The van der Waals surface area contributed by atoms with Gasteiger partial charge in [-0.15, -0.1) is 10.2 Å². The van der Waals surface area contributed by atoms with Crippen molar-refractivity contribution >= 4 is 17.9 Å². The van der Waals surface area contributed by atoms with E-state index in [1.807, 2.05) is 13.8 Å². The molecule has 2 rings (SSSR count). The Morgan fingerprint density at radius 3 is 2.43 bits per heavy atom. The molecule has 1 aromatic heterocycles. The maximum atomic E-state index is 12.1. The molecule has 8 heteroatoms. The van der Waals surface area contributed by atoms with Gasteiger partial charge < -0.3 is 10.0 Å². The molecule has 0 aromatic carbocycles. The molecule has 0 atom stereocenters. The number of aryl methyl sites for hydroxylation is 2. The zero-order valence-electron chi connectivity index (χ0n) is 12.2. The van der Waals surface area contributed by atoms with E-state index >= 15 is 0 Å². The van der Waals surface area contributed by atoms with E-state index in [0.29, 0.717) is 6.42 Å². The van der Waals surface area contributed by atoms with Crippen LogP contribution in [0.15, 0.2) is 0 Å². The van der Waals surface area contributed by atoms with Gasteiger partial charge in [0, 0.05) is 6.04 Å². The Morgan fingerprint density at radius 2 is 1.90 bits per heavy atom. The van der Waals surface area contributed by atoms with Crippen molar-refractivity contribution in [1.29, 1.82) is 0 Å². The Balaban J connectivity index is 2.09.